The Labute approximate surface area is 79.6 Å². The smallest absolute Gasteiger partial charge is 0.0853 e. The van der Waals surface area contributed by atoms with Crippen molar-refractivity contribution in [1.82, 2.24) is 4.98 Å². The molecule has 0 spiro atoms. The van der Waals surface area contributed by atoms with Crippen LogP contribution >= 0.6 is 0 Å². The molecule has 0 saturated heterocycles. The summed E-state index contributed by atoms with van der Waals surface area (Å²) >= 11 is 0. The summed E-state index contributed by atoms with van der Waals surface area (Å²) in [5.41, 5.74) is 1.83. The maximum Gasteiger partial charge on any atom is 0.0853 e. The molecule has 13 heavy (non-hydrogen) atoms. The highest BCUT2D eigenvalue weighted by molar-refractivity contribution is 5.14. The quantitative estimate of drug-likeness (QED) is 0.772. The van der Waals surface area contributed by atoms with Crippen molar-refractivity contribution in [1.29, 1.82) is 0 Å². The van der Waals surface area contributed by atoms with E-state index in [0.29, 0.717) is 11.8 Å². The van der Waals surface area contributed by atoms with Crippen molar-refractivity contribution in [2.75, 3.05) is 0 Å². The number of rotatable bonds is 3. The van der Waals surface area contributed by atoms with Crippen LogP contribution in [0.4, 0.5) is 0 Å². The number of pyridine rings is 1. The van der Waals surface area contributed by atoms with Crippen LogP contribution in [0.3, 0.4) is 0 Å². The van der Waals surface area contributed by atoms with Crippen LogP contribution in [0.25, 0.3) is 0 Å². The van der Waals surface area contributed by atoms with Crippen LogP contribution in [0, 0.1) is 5.92 Å². The molecule has 1 aromatic rings. The van der Waals surface area contributed by atoms with Crippen LogP contribution < -0.4 is 0 Å². The predicted molar refractivity (Wildman–Crippen MR) is 53.4 cm³/mol. The zero-order valence-electron chi connectivity index (χ0n) is 8.49. The van der Waals surface area contributed by atoms with Crippen LogP contribution in [0.1, 0.15) is 38.1 Å². The van der Waals surface area contributed by atoms with E-state index in [0.717, 1.165) is 11.4 Å². The lowest BCUT2D eigenvalue weighted by atomic mass is 9.94. The van der Waals surface area contributed by atoms with Gasteiger partial charge in [-0.25, -0.2) is 0 Å². The lowest BCUT2D eigenvalue weighted by Gasteiger charge is -2.15. The summed E-state index contributed by atoms with van der Waals surface area (Å²) in [6.45, 7) is 6.54. The van der Waals surface area contributed by atoms with Gasteiger partial charge in [0, 0.05) is 11.6 Å². The van der Waals surface area contributed by atoms with Gasteiger partial charge in [0.1, 0.15) is 0 Å². The molecular weight excluding hydrogens is 162 g/mol. The van der Waals surface area contributed by atoms with E-state index < -0.39 is 0 Å². The maximum atomic E-state index is 8.92. The molecule has 1 aromatic heterocycles. The van der Waals surface area contributed by atoms with E-state index >= 15 is 0 Å². The summed E-state index contributed by atoms with van der Waals surface area (Å²) in [4.78, 5) is 4.36. The summed E-state index contributed by atoms with van der Waals surface area (Å²) in [6, 6.07) is 5.81. The minimum Gasteiger partial charge on any atom is -0.390 e. The third kappa shape index (κ3) is 2.52. The highest BCUT2D eigenvalue weighted by Gasteiger charge is 2.11. The van der Waals surface area contributed by atoms with Gasteiger partial charge in [-0.15, -0.1) is 0 Å². The molecule has 0 saturated carbocycles. The fraction of sp³-hybridized carbons (Fsp3) is 0.545. The van der Waals surface area contributed by atoms with E-state index in [4.69, 9.17) is 5.11 Å². The van der Waals surface area contributed by atoms with Gasteiger partial charge in [0.05, 0.1) is 12.3 Å². The zero-order chi connectivity index (χ0) is 9.84. The largest absolute Gasteiger partial charge is 0.390 e. The molecule has 2 nitrogen and oxygen atoms in total. The molecule has 72 valence electrons. The first-order valence-electron chi connectivity index (χ1n) is 4.72. The van der Waals surface area contributed by atoms with E-state index in [1.165, 1.54) is 0 Å². The van der Waals surface area contributed by atoms with Crippen LogP contribution in [0.5, 0.6) is 0 Å². The van der Waals surface area contributed by atoms with E-state index in [-0.39, 0.29) is 6.61 Å². The maximum absolute atomic E-state index is 8.92. The second-order valence-electron chi connectivity index (χ2n) is 3.74. The monoisotopic (exact) mass is 179 g/mol. The summed E-state index contributed by atoms with van der Waals surface area (Å²) in [6.07, 6.45) is 0. The van der Waals surface area contributed by atoms with Gasteiger partial charge in [0.15, 0.2) is 0 Å². The van der Waals surface area contributed by atoms with Crippen LogP contribution in [0.2, 0.25) is 0 Å². The molecule has 0 aliphatic carbocycles. The Morgan fingerprint density at radius 3 is 2.54 bits per heavy atom. The highest BCUT2D eigenvalue weighted by atomic mass is 16.3. The van der Waals surface area contributed by atoms with Crippen molar-refractivity contribution in [3.8, 4) is 0 Å². The fourth-order valence-corrected chi connectivity index (χ4v) is 1.18. The number of nitrogens with zero attached hydrogens (tertiary/aromatic N) is 1. The van der Waals surface area contributed by atoms with Gasteiger partial charge < -0.3 is 5.11 Å². The molecule has 1 unspecified atom stereocenters. The molecule has 1 atom stereocenters. The number of hydrogen-bond donors (Lipinski definition) is 1. The average molecular weight is 179 g/mol. The van der Waals surface area contributed by atoms with E-state index in [9.17, 15) is 0 Å². The van der Waals surface area contributed by atoms with Crippen LogP contribution in [-0.4, -0.2) is 10.1 Å². The third-order valence-electron chi connectivity index (χ3n) is 2.46. The molecule has 0 radical (unpaired) electrons. The van der Waals surface area contributed by atoms with E-state index in [1.807, 2.05) is 18.2 Å². The Morgan fingerprint density at radius 1 is 1.31 bits per heavy atom. The molecule has 1 rings (SSSR count). The van der Waals surface area contributed by atoms with Gasteiger partial charge in [-0.1, -0.05) is 26.8 Å². The van der Waals surface area contributed by atoms with Crippen molar-refractivity contribution < 1.29 is 5.11 Å². The van der Waals surface area contributed by atoms with Gasteiger partial charge in [0.2, 0.25) is 0 Å². The van der Waals surface area contributed by atoms with Crippen molar-refractivity contribution >= 4 is 0 Å². The summed E-state index contributed by atoms with van der Waals surface area (Å²) in [5, 5.41) is 8.92. The van der Waals surface area contributed by atoms with Gasteiger partial charge in [-0.2, -0.15) is 0 Å². The predicted octanol–water partition coefficient (Wildman–Crippen LogP) is 2.33. The van der Waals surface area contributed by atoms with Crippen LogP contribution in [0.15, 0.2) is 18.2 Å². The van der Waals surface area contributed by atoms with Gasteiger partial charge in [0.25, 0.3) is 0 Å². The SMILES string of the molecule is CC(C)C(C)c1cccc(CO)n1. The van der Waals surface area contributed by atoms with Crippen molar-refractivity contribution in [2.24, 2.45) is 5.92 Å². The lowest BCUT2D eigenvalue weighted by Crippen LogP contribution is -2.05. The minimum absolute atomic E-state index is 0.0264. The van der Waals surface area contributed by atoms with E-state index in [2.05, 4.69) is 25.8 Å². The first kappa shape index (κ1) is 10.2. The van der Waals surface area contributed by atoms with Gasteiger partial charge in [-0.3, -0.25) is 4.98 Å². The second-order valence-corrected chi connectivity index (χ2v) is 3.74. The molecule has 1 N–H and O–H groups in total. The Bertz CT molecular complexity index is 271. The first-order chi connectivity index (χ1) is 6.15. The number of aliphatic hydroxyl groups excluding tert-OH is 1. The first-order valence-corrected chi connectivity index (χ1v) is 4.72. The molecule has 0 aliphatic heterocycles. The normalized spacial score (nSPS) is 13.3. The Kier molecular flexibility index (Phi) is 3.43. The van der Waals surface area contributed by atoms with Crippen molar-refractivity contribution in [3.63, 3.8) is 0 Å². The van der Waals surface area contributed by atoms with Crippen molar-refractivity contribution in [3.05, 3.63) is 29.6 Å². The van der Waals surface area contributed by atoms with Crippen LogP contribution in [-0.2, 0) is 6.61 Å². The number of aliphatic hydroxyl groups is 1. The zero-order valence-corrected chi connectivity index (χ0v) is 8.49. The minimum atomic E-state index is 0.0264. The Hall–Kier alpha value is -0.890. The van der Waals surface area contributed by atoms with Gasteiger partial charge >= 0.3 is 0 Å². The Balaban J connectivity index is 2.88. The number of hydrogen-bond acceptors (Lipinski definition) is 2. The molecule has 0 fully saturated rings. The summed E-state index contributed by atoms with van der Waals surface area (Å²) in [7, 11) is 0. The molecule has 0 aromatic carbocycles. The topological polar surface area (TPSA) is 33.1 Å². The van der Waals surface area contributed by atoms with Gasteiger partial charge in [-0.05, 0) is 18.1 Å². The fourth-order valence-electron chi connectivity index (χ4n) is 1.18. The Morgan fingerprint density at radius 2 is 2.00 bits per heavy atom. The molecule has 1 heterocycles. The van der Waals surface area contributed by atoms with Crippen molar-refractivity contribution in [2.45, 2.75) is 33.3 Å². The molecule has 0 amide bonds. The molecule has 0 bridgehead atoms. The summed E-state index contributed by atoms with van der Waals surface area (Å²) < 4.78 is 0. The molecule has 0 aliphatic rings. The highest BCUT2D eigenvalue weighted by Crippen LogP contribution is 2.21. The molecular formula is C11H17NO. The lowest BCUT2D eigenvalue weighted by molar-refractivity contribution is 0.276. The molecule has 2 heteroatoms. The third-order valence-corrected chi connectivity index (χ3v) is 2.46. The second kappa shape index (κ2) is 4.38. The number of aromatic nitrogens is 1. The standard InChI is InChI=1S/C11H17NO/c1-8(2)9(3)11-6-4-5-10(7-13)12-11/h4-6,8-9,13H,7H2,1-3H3. The summed E-state index contributed by atoms with van der Waals surface area (Å²) in [5.74, 6) is 1.04. The van der Waals surface area contributed by atoms with E-state index in [1.54, 1.807) is 0 Å². The average Bonchev–Trinajstić information content (AvgIpc) is 2.16.